The predicted octanol–water partition coefficient (Wildman–Crippen LogP) is 3.15. The van der Waals surface area contributed by atoms with Crippen LogP contribution in [0.5, 0.6) is 0 Å². The molecule has 3 aromatic rings. The van der Waals surface area contributed by atoms with E-state index in [4.69, 9.17) is 12.2 Å². The van der Waals surface area contributed by atoms with Gasteiger partial charge in [0.2, 0.25) is 0 Å². The molecule has 0 saturated carbocycles. The molecule has 0 aliphatic carbocycles. The van der Waals surface area contributed by atoms with Crippen LogP contribution in [0.15, 0.2) is 60.7 Å². The number of hydrogen-bond acceptors (Lipinski definition) is 3. The van der Waals surface area contributed by atoms with Crippen molar-refractivity contribution in [3.05, 3.63) is 83.2 Å². The Morgan fingerprint density at radius 3 is 2.11 bits per heavy atom. The fourth-order valence-corrected chi connectivity index (χ4v) is 3.22. The van der Waals surface area contributed by atoms with E-state index in [1.807, 2.05) is 12.1 Å². The van der Waals surface area contributed by atoms with E-state index in [1.165, 1.54) is 12.1 Å². The second-order valence-corrected chi connectivity index (χ2v) is 6.48. The zero-order valence-corrected chi connectivity index (χ0v) is 14.8. The van der Waals surface area contributed by atoms with Crippen LogP contribution in [0.2, 0.25) is 0 Å². The molecule has 1 heterocycles. The topological polar surface area (TPSA) is 61.4 Å². The standard InChI is InChI=1S/C20H14FN3O2S/c21-14-9-7-12(8-10-14)11-22-20(27)23-24-18(25)15-5-1-3-13-4-2-6-16(17(13)15)19(24)26/h1-10H,11H2,(H2,22,23,27). The molecule has 4 rings (SSSR count). The molecule has 3 aromatic carbocycles. The van der Waals surface area contributed by atoms with E-state index < -0.39 is 11.8 Å². The first kappa shape index (κ1) is 17.1. The first-order chi connectivity index (χ1) is 13.0. The van der Waals surface area contributed by atoms with Gasteiger partial charge in [0, 0.05) is 11.9 Å². The van der Waals surface area contributed by atoms with Crippen molar-refractivity contribution in [1.82, 2.24) is 15.8 Å². The monoisotopic (exact) mass is 379 g/mol. The molecule has 27 heavy (non-hydrogen) atoms. The van der Waals surface area contributed by atoms with Gasteiger partial charge in [0.15, 0.2) is 5.11 Å². The van der Waals surface area contributed by atoms with Crippen LogP contribution in [0.3, 0.4) is 0 Å². The Balaban J connectivity index is 1.53. The maximum atomic E-state index is 13.0. The molecule has 0 saturated heterocycles. The molecular weight excluding hydrogens is 365 g/mol. The quantitative estimate of drug-likeness (QED) is 0.541. The molecule has 0 unspecified atom stereocenters. The van der Waals surface area contributed by atoms with Crippen molar-refractivity contribution in [3.8, 4) is 0 Å². The summed E-state index contributed by atoms with van der Waals surface area (Å²) in [5.41, 5.74) is 4.36. The highest BCUT2D eigenvalue weighted by atomic mass is 32.1. The molecule has 1 aliphatic rings. The van der Waals surface area contributed by atoms with Gasteiger partial charge >= 0.3 is 0 Å². The van der Waals surface area contributed by atoms with Gasteiger partial charge in [-0.15, -0.1) is 0 Å². The third-order valence-electron chi connectivity index (χ3n) is 4.35. The number of carbonyl (C=O) groups excluding carboxylic acids is 2. The summed E-state index contributed by atoms with van der Waals surface area (Å²) >= 11 is 5.20. The van der Waals surface area contributed by atoms with Gasteiger partial charge in [0.1, 0.15) is 5.82 Å². The summed E-state index contributed by atoms with van der Waals surface area (Å²) in [6.45, 7) is 0.328. The summed E-state index contributed by atoms with van der Waals surface area (Å²) in [4.78, 5) is 25.5. The van der Waals surface area contributed by atoms with Crippen LogP contribution in [-0.4, -0.2) is 21.9 Å². The lowest BCUT2D eigenvalue weighted by atomic mass is 9.95. The van der Waals surface area contributed by atoms with Crippen molar-refractivity contribution in [1.29, 1.82) is 0 Å². The molecule has 1 aliphatic heterocycles. The van der Waals surface area contributed by atoms with Crippen molar-refractivity contribution >= 4 is 39.9 Å². The summed E-state index contributed by atoms with van der Waals surface area (Å²) in [7, 11) is 0. The molecule has 0 fully saturated rings. The van der Waals surface area contributed by atoms with Gasteiger partial charge in [-0.25, -0.2) is 4.39 Å². The Morgan fingerprint density at radius 2 is 1.52 bits per heavy atom. The fourth-order valence-electron chi connectivity index (χ4n) is 3.06. The van der Waals surface area contributed by atoms with E-state index >= 15 is 0 Å². The highest BCUT2D eigenvalue weighted by Gasteiger charge is 2.33. The SMILES string of the molecule is O=C1c2cccc3cccc(c23)C(=O)N1NC(=S)NCc1ccc(F)cc1. The van der Waals surface area contributed by atoms with Gasteiger partial charge < -0.3 is 5.32 Å². The van der Waals surface area contributed by atoms with E-state index in [1.54, 1.807) is 36.4 Å². The predicted molar refractivity (Wildman–Crippen MR) is 103 cm³/mol. The number of nitrogens with zero attached hydrogens (tertiary/aromatic N) is 1. The Hall–Kier alpha value is -3.32. The first-order valence-electron chi connectivity index (χ1n) is 8.24. The molecule has 5 nitrogen and oxygen atoms in total. The molecule has 7 heteroatoms. The largest absolute Gasteiger partial charge is 0.357 e. The summed E-state index contributed by atoms with van der Waals surface area (Å²) < 4.78 is 13.0. The van der Waals surface area contributed by atoms with E-state index in [0.29, 0.717) is 23.1 Å². The Labute approximate surface area is 159 Å². The summed E-state index contributed by atoms with van der Waals surface area (Å²) in [6, 6.07) is 16.6. The van der Waals surface area contributed by atoms with Crippen molar-refractivity contribution in [2.24, 2.45) is 0 Å². The van der Waals surface area contributed by atoms with Crippen LogP contribution in [0, 0.1) is 5.82 Å². The highest BCUT2D eigenvalue weighted by molar-refractivity contribution is 7.80. The Kier molecular flexibility index (Phi) is 4.29. The number of benzene rings is 3. The molecule has 0 atom stereocenters. The molecule has 134 valence electrons. The van der Waals surface area contributed by atoms with Gasteiger partial charge in [-0.05, 0) is 47.4 Å². The second kappa shape index (κ2) is 6.77. The van der Waals surface area contributed by atoms with Crippen LogP contribution in [0.4, 0.5) is 4.39 Å². The number of amides is 2. The van der Waals surface area contributed by atoms with Gasteiger partial charge in [-0.2, -0.15) is 5.01 Å². The van der Waals surface area contributed by atoms with Crippen molar-refractivity contribution in [3.63, 3.8) is 0 Å². The molecule has 0 radical (unpaired) electrons. The van der Waals surface area contributed by atoms with Crippen LogP contribution in [0.1, 0.15) is 26.3 Å². The number of hydrazine groups is 1. The molecule has 2 N–H and O–H groups in total. The van der Waals surface area contributed by atoms with Gasteiger partial charge in [0.25, 0.3) is 11.8 Å². The van der Waals surface area contributed by atoms with E-state index in [0.717, 1.165) is 16.0 Å². The fraction of sp³-hybridized carbons (Fsp3) is 0.0500. The van der Waals surface area contributed by atoms with Gasteiger partial charge in [-0.3, -0.25) is 15.0 Å². The maximum Gasteiger partial charge on any atom is 0.280 e. The number of thiocarbonyl (C=S) groups is 1. The number of carbonyl (C=O) groups is 2. The highest BCUT2D eigenvalue weighted by Crippen LogP contribution is 2.29. The lowest BCUT2D eigenvalue weighted by Crippen LogP contribution is -2.54. The van der Waals surface area contributed by atoms with Crippen molar-refractivity contribution in [2.45, 2.75) is 6.54 Å². The summed E-state index contributed by atoms with van der Waals surface area (Å²) in [6.07, 6.45) is 0. The normalized spacial score (nSPS) is 13.0. The van der Waals surface area contributed by atoms with Crippen LogP contribution in [0.25, 0.3) is 10.8 Å². The van der Waals surface area contributed by atoms with E-state index in [-0.39, 0.29) is 10.9 Å². The Morgan fingerprint density at radius 1 is 0.926 bits per heavy atom. The van der Waals surface area contributed by atoms with Gasteiger partial charge in [0.05, 0.1) is 11.1 Å². The molecule has 0 bridgehead atoms. The number of halogens is 1. The number of hydrogen-bond donors (Lipinski definition) is 2. The first-order valence-corrected chi connectivity index (χ1v) is 8.65. The van der Waals surface area contributed by atoms with Crippen LogP contribution < -0.4 is 10.7 Å². The zero-order chi connectivity index (χ0) is 19.0. The number of rotatable bonds is 3. The second-order valence-electron chi connectivity index (χ2n) is 6.08. The minimum atomic E-state index is -0.463. The van der Waals surface area contributed by atoms with Crippen molar-refractivity contribution in [2.75, 3.05) is 0 Å². The lowest BCUT2D eigenvalue weighted by Gasteiger charge is -2.28. The maximum absolute atomic E-state index is 13.0. The lowest BCUT2D eigenvalue weighted by molar-refractivity contribution is 0.0566. The zero-order valence-electron chi connectivity index (χ0n) is 14.0. The smallest absolute Gasteiger partial charge is 0.280 e. The molecule has 0 aromatic heterocycles. The molecular formula is C20H14FN3O2S. The average molecular weight is 379 g/mol. The van der Waals surface area contributed by atoms with Crippen molar-refractivity contribution < 1.29 is 14.0 Å². The number of imide groups is 1. The van der Waals surface area contributed by atoms with Crippen LogP contribution in [-0.2, 0) is 6.54 Å². The summed E-state index contributed by atoms with van der Waals surface area (Å²) in [5.74, 6) is -1.25. The molecule has 2 amide bonds. The Bertz CT molecular complexity index is 1030. The van der Waals surface area contributed by atoms with Crippen LogP contribution >= 0.6 is 12.2 Å². The minimum absolute atomic E-state index is 0.118. The third-order valence-corrected chi connectivity index (χ3v) is 4.59. The number of nitrogens with one attached hydrogen (secondary N) is 2. The van der Waals surface area contributed by atoms with Gasteiger partial charge in [-0.1, -0.05) is 36.4 Å². The third kappa shape index (κ3) is 3.13. The van der Waals surface area contributed by atoms with E-state index in [9.17, 15) is 14.0 Å². The van der Waals surface area contributed by atoms with E-state index in [2.05, 4.69) is 10.7 Å². The minimum Gasteiger partial charge on any atom is -0.357 e. The molecule has 0 spiro atoms. The average Bonchev–Trinajstić information content (AvgIpc) is 2.69. The summed E-state index contributed by atoms with van der Waals surface area (Å²) in [5, 5.41) is 5.43.